The van der Waals surface area contributed by atoms with Gasteiger partial charge < -0.3 is 9.80 Å². The third-order valence-electron chi connectivity index (χ3n) is 13.5. The van der Waals surface area contributed by atoms with E-state index in [1.165, 1.54) is 55.3 Å². The molecule has 0 radical (unpaired) electrons. The standard InChI is InChI=1S/C65H46N2/c1-5-18-47(19-6-1)48-32-38-55(39-33-48)66(58-44-45-61-60-29-15-16-30-62(60)65(63(61)46-58,52-22-7-2-8-23-52)53-24-9-3-10-25-53)56-40-34-49(35-41-56)50-36-42-57(43-37-50)67(54-26-11-4-12-27-54)64-31-17-21-51-20-13-14-28-59(51)64/h1-46H. The van der Waals surface area contributed by atoms with Gasteiger partial charge in [0.05, 0.1) is 11.1 Å². The number of para-hydroxylation sites is 1. The monoisotopic (exact) mass is 854 g/mol. The lowest BCUT2D eigenvalue weighted by Crippen LogP contribution is -2.28. The Morgan fingerprint density at radius 3 is 1.27 bits per heavy atom. The summed E-state index contributed by atoms with van der Waals surface area (Å²) in [6.07, 6.45) is 0. The molecule has 67 heavy (non-hydrogen) atoms. The zero-order valence-electron chi connectivity index (χ0n) is 37.0. The second-order valence-corrected chi connectivity index (χ2v) is 17.3. The number of benzene rings is 11. The van der Waals surface area contributed by atoms with Crippen molar-refractivity contribution in [3.05, 3.63) is 301 Å². The summed E-state index contributed by atoms with van der Waals surface area (Å²) in [5.74, 6) is 0. The van der Waals surface area contributed by atoms with E-state index in [9.17, 15) is 0 Å². The van der Waals surface area contributed by atoms with E-state index < -0.39 is 5.41 Å². The summed E-state index contributed by atoms with van der Waals surface area (Å²) < 4.78 is 0. The molecule has 0 saturated carbocycles. The van der Waals surface area contributed by atoms with Crippen molar-refractivity contribution in [3.63, 3.8) is 0 Å². The van der Waals surface area contributed by atoms with Gasteiger partial charge >= 0.3 is 0 Å². The summed E-state index contributed by atoms with van der Waals surface area (Å²) in [4.78, 5) is 4.77. The Labute approximate surface area is 393 Å². The van der Waals surface area contributed by atoms with Gasteiger partial charge in [-0.15, -0.1) is 0 Å². The van der Waals surface area contributed by atoms with E-state index in [1.54, 1.807) is 0 Å². The summed E-state index contributed by atoms with van der Waals surface area (Å²) in [6.45, 7) is 0. The van der Waals surface area contributed by atoms with Gasteiger partial charge in [0.2, 0.25) is 0 Å². The molecule has 1 aliphatic carbocycles. The van der Waals surface area contributed by atoms with Crippen LogP contribution in [0.5, 0.6) is 0 Å². The van der Waals surface area contributed by atoms with Crippen LogP contribution in [0.15, 0.2) is 279 Å². The second kappa shape index (κ2) is 17.0. The van der Waals surface area contributed by atoms with Gasteiger partial charge in [-0.25, -0.2) is 0 Å². The Kier molecular flexibility index (Phi) is 10.1. The molecule has 0 N–H and O–H groups in total. The zero-order chi connectivity index (χ0) is 44.6. The van der Waals surface area contributed by atoms with Gasteiger partial charge in [-0.05, 0) is 128 Å². The molecule has 2 heteroatoms. The second-order valence-electron chi connectivity index (χ2n) is 17.3. The Bertz CT molecular complexity index is 3430. The normalized spacial score (nSPS) is 12.3. The van der Waals surface area contributed by atoms with E-state index >= 15 is 0 Å². The van der Waals surface area contributed by atoms with Crippen LogP contribution in [0.3, 0.4) is 0 Å². The van der Waals surface area contributed by atoms with Gasteiger partial charge in [0.25, 0.3) is 0 Å². The molecule has 0 aromatic heterocycles. The highest BCUT2D eigenvalue weighted by molar-refractivity contribution is 5.99. The van der Waals surface area contributed by atoms with Crippen molar-refractivity contribution in [1.29, 1.82) is 0 Å². The van der Waals surface area contributed by atoms with E-state index in [0.717, 1.165) is 45.3 Å². The molecule has 1 aliphatic rings. The molecule has 11 aromatic rings. The number of nitrogens with zero attached hydrogens (tertiary/aromatic N) is 2. The lowest BCUT2D eigenvalue weighted by atomic mass is 9.67. The van der Waals surface area contributed by atoms with Crippen LogP contribution in [0.4, 0.5) is 34.1 Å². The van der Waals surface area contributed by atoms with Gasteiger partial charge in [0.15, 0.2) is 0 Å². The van der Waals surface area contributed by atoms with Crippen molar-refractivity contribution in [3.8, 4) is 33.4 Å². The Morgan fingerprint density at radius 1 is 0.254 bits per heavy atom. The smallest absolute Gasteiger partial charge is 0.0714 e. The van der Waals surface area contributed by atoms with Crippen molar-refractivity contribution in [2.75, 3.05) is 9.80 Å². The molecule has 0 amide bonds. The molecule has 0 atom stereocenters. The molecule has 0 bridgehead atoms. The minimum atomic E-state index is -0.507. The first-order valence-corrected chi connectivity index (χ1v) is 23.1. The molecule has 316 valence electrons. The summed E-state index contributed by atoms with van der Waals surface area (Å²) >= 11 is 0. The quantitative estimate of drug-likeness (QED) is 0.135. The van der Waals surface area contributed by atoms with Crippen LogP contribution in [0.1, 0.15) is 22.3 Å². The number of anilines is 6. The topological polar surface area (TPSA) is 6.48 Å². The average Bonchev–Trinajstić information content (AvgIpc) is 3.71. The summed E-state index contributed by atoms with van der Waals surface area (Å²) in [7, 11) is 0. The summed E-state index contributed by atoms with van der Waals surface area (Å²) in [6, 6.07) is 102. The molecular weight excluding hydrogens is 809 g/mol. The lowest BCUT2D eigenvalue weighted by molar-refractivity contribution is 0.768. The van der Waals surface area contributed by atoms with Crippen molar-refractivity contribution in [1.82, 2.24) is 0 Å². The van der Waals surface area contributed by atoms with Crippen molar-refractivity contribution in [2.24, 2.45) is 0 Å². The fourth-order valence-corrected chi connectivity index (χ4v) is 10.5. The largest absolute Gasteiger partial charge is 0.310 e. The van der Waals surface area contributed by atoms with Crippen molar-refractivity contribution < 1.29 is 0 Å². The van der Waals surface area contributed by atoms with Gasteiger partial charge in [-0.1, -0.05) is 212 Å². The predicted octanol–water partition coefficient (Wildman–Crippen LogP) is 17.5. The molecule has 2 nitrogen and oxygen atoms in total. The SMILES string of the molecule is c1ccc(-c2ccc(N(c3ccc(-c4ccc(N(c5ccccc5)c5cccc6ccccc56)cc4)cc3)c3ccc4c(c3)C(c3ccccc3)(c3ccccc3)c3ccccc3-4)cc2)cc1. The third kappa shape index (κ3) is 6.99. The van der Waals surface area contributed by atoms with E-state index in [-0.39, 0.29) is 0 Å². The van der Waals surface area contributed by atoms with Gasteiger partial charge in [0, 0.05) is 33.8 Å². The van der Waals surface area contributed by atoms with E-state index in [4.69, 9.17) is 0 Å². The first kappa shape index (κ1) is 39.8. The van der Waals surface area contributed by atoms with Crippen LogP contribution in [-0.2, 0) is 5.41 Å². The van der Waals surface area contributed by atoms with Gasteiger partial charge in [-0.2, -0.15) is 0 Å². The maximum absolute atomic E-state index is 2.45. The fraction of sp³-hybridized carbons (Fsp3) is 0.0154. The van der Waals surface area contributed by atoms with Crippen LogP contribution in [0.2, 0.25) is 0 Å². The molecule has 0 heterocycles. The highest BCUT2D eigenvalue weighted by Crippen LogP contribution is 2.57. The zero-order valence-corrected chi connectivity index (χ0v) is 37.0. The van der Waals surface area contributed by atoms with Crippen molar-refractivity contribution >= 4 is 44.9 Å². The van der Waals surface area contributed by atoms with E-state index in [2.05, 4.69) is 289 Å². The molecule has 0 fully saturated rings. The molecular formula is C65H46N2. The predicted molar refractivity (Wildman–Crippen MR) is 281 cm³/mol. The number of hydrogen-bond donors (Lipinski definition) is 0. The molecule has 0 saturated heterocycles. The molecule has 0 aliphatic heterocycles. The van der Waals surface area contributed by atoms with Gasteiger partial charge in [0.1, 0.15) is 0 Å². The maximum atomic E-state index is 2.45. The molecule has 0 spiro atoms. The molecule has 11 aromatic carbocycles. The number of hydrogen-bond acceptors (Lipinski definition) is 2. The fourth-order valence-electron chi connectivity index (χ4n) is 10.5. The van der Waals surface area contributed by atoms with Crippen molar-refractivity contribution in [2.45, 2.75) is 5.41 Å². The summed E-state index contributed by atoms with van der Waals surface area (Å²) in [5, 5.41) is 2.43. The Balaban J connectivity index is 0.963. The maximum Gasteiger partial charge on any atom is 0.0714 e. The highest BCUT2D eigenvalue weighted by atomic mass is 15.1. The molecule has 0 unspecified atom stereocenters. The van der Waals surface area contributed by atoms with Crippen LogP contribution < -0.4 is 9.80 Å². The highest BCUT2D eigenvalue weighted by Gasteiger charge is 2.46. The number of fused-ring (bicyclic) bond motifs is 4. The number of rotatable bonds is 10. The molecule has 12 rings (SSSR count). The van der Waals surface area contributed by atoms with Crippen LogP contribution >= 0.6 is 0 Å². The van der Waals surface area contributed by atoms with Crippen LogP contribution in [-0.4, -0.2) is 0 Å². The first-order chi connectivity index (χ1) is 33.2. The minimum absolute atomic E-state index is 0.507. The minimum Gasteiger partial charge on any atom is -0.310 e. The summed E-state index contributed by atoms with van der Waals surface area (Å²) in [5.41, 5.74) is 18.5. The van der Waals surface area contributed by atoms with Gasteiger partial charge in [-0.3, -0.25) is 0 Å². The van der Waals surface area contributed by atoms with E-state index in [1.807, 2.05) is 0 Å². The Morgan fingerprint density at radius 2 is 0.672 bits per heavy atom. The first-order valence-electron chi connectivity index (χ1n) is 23.1. The Hall–Kier alpha value is -8.72. The van der Waals surface area contributed by atoms with E-state index in [0.29, 0.717) is 0 Å². The van der Waals surface area contributed by atoms with Crippen LogP contribution in [0.25, 0.3) is 44.2 Å². The third-order valence-corrected chi connectivity index (χ3v) is 13.5. The average molecular weight is 855 g/mol. The lowest BCUT2D eigenvalue weighted by Gasteiger charge is -2.35. The van der Waals surface area contributed by atoms with Crippen LogP contribution in [0, 0.1) is 0 Å².